The largest absolute Gasteiger partial charge is 0.494 e. The number of thioether (sulfide) groups is 1. The number of hydrogen-bond acceptors (Lipinski definition) is 6. The van der Waals surface area contributed by atoms with Gasteiger partial charge in [-0.25, -0.2) is 0 Å². The molecular formula is C24H21N3O3S. The topological polar surface area (TPSA) is 70.2 Å². The Morgan fingerprint density at radius 2 is 1.90 bits per heavy atom. The third-order valence-corrected chi connectivity index (χ3v) is 6.67. The Labute approximate surface area is 183 Å². The lowest BCUT2D eigenvalue weighted by atomic mass is 10.0. The quantitative estimate of drug-likeness (QED) is 0.463. The summed E-state index contributed by atoms with van der Waals surface area (Å²) in [7, 11) is 1.65. The minimum absolute atomic E-state index is 0.0829. The highest BCUT2D eigenvalue weighted by atomic mass is 32.2. The zero-order chi connectivity index (χ0) is 21.4. The van der Waals surface area contributed by atoms with E-state index < -0.39 is 0 Å². The minimum atomic E-state index is -0.296. The van der Waals surface area contributed by atoms with Gasteiger partial charge in [0, 0.05) is 29.4 Å². The Morgan fingerprint density at radius 3 is 2.68 bits per heavy atom. The maximum absolute atomic E-state index is 13.1. The molecule has 31 heavy (non-hydrogen) atoms. The van der Waals surface area contributed by atoms with Gasteiger partial charge in [-0.15, -0.1) is 11.8 Å². The molecule has 1 aliphatic heterocycles. The smallest absolute Gasteiger partial charge is 0.257 e. The maximum Gasteiger partial charge on any atom is 0.257 e. The van der Waals surface area contributed by atoms with Gasteiger partial charge in [0.05, 0.1) is 7.11 Å². The van der Waals surface area contributed by atoms with Crippen LogP contribution in [0.3, 0.4) is 0 Å². The number of aromatic nitrogens is 3. The SMILES string of the molecule is COc1c(Cc2ccccc2C)cc(=O)n2c1SC[C@H]2c1noc(-c2ccccc2)n1. The summed E-state index contributed by atoms with van der Waals surface area (Å²) in [6.07, 6.45) is 0.643. The van der Waals surface area contributed by atoms with E-state index in [1.54, 1.807) is 29.5 Å². The van der Waals surface area contributed by atoms with E-state index in [0.29, 0.717) is 23.9 Å². The molecular weight excluding hydrogens is 410 g/mol. The predicted molar refractivity (Wildman–Crippen MR) is 120 cm³/mol. The standard InChI is InChI=1S/C24H21N3O3S/c1-15-8-6-7-11-17(15)12-18-13-20(28)27-19(14-31-24(27)21(18)29-2)22-25-23(30-26-22)16-9-4-3-5-10-16/h3-11,13,19H,12,14H2,1-2H3/t19-/m0/s1. The van der Waals surface area contributed by atoms with E-state index >= 15 is 0 Å². The van der Waals surface area contributed by atoms with Crippen LogP contribution in [-0.4, -0.2) is 27.6 Å². The van der Waals surface area contributed by atoms with Crippen LogP contribution in [0.15, 0.2) is 75.0 Å². The first-order chi connectivity index (χ1) is 15.2. The monoisotopic (exact) mass is 431 g/mol. The van der Waals surface area contributed by atoms with Crippen molar-refractivity contribution in [2.45, 2.75) is 24.4 Å². The van der Waals surface area contributed by atoms with E-state index in [2.05, 4.69) is 29.2 Å². The van der Waals surface area contributed by atoms with Crippen LogP contribution in [0.5, 0.6) is 5.75 Å². The molecule has 0 saturated heterocycles. The normalized spacial score (nSPS) is 15.1. The van der Waals surface area contributed by atoms with Crippen LogP contribution in [0.1, 0.15) is 28.6 Å². The molecule has 6 nitrogen and oxygen atoms in total. The van der Waals surface area contributed by atoms with Gasteiger partial charge in [-0.2, -0.15) is 4.98 Å². The van der Waals surface area contributed by atoms with Gasteiger partial charge in [0.1, 0.15) is 11.1 Å². The fourth-order valence-electron chi connectivity index (χ4n) is 3.92. The summed E-state index contributed by atoms with van der Waals surface area (Å²) < 4.78 is 13.0. The fourth-order valence-corrected chi connectivity index (χ4v) is 5.23. The van der Waals surface area contributed by atoms with E-state index in [1.165, 1.54) is 11.1 Å². The molecule has 2 aromatic heterocycles. The Kier molecular flexibility index (Phi) is 5.11. The minimum Gasteiger partial charge on any atom is -0.494 e. The second kappa shape index (κ2) is 8.07. The van der Waals surface area contributed by atoms with E-state index in [9.17, 15) is 4.79 Å². The van der Waals surface area contributed by atoms with Crippen LogP contribution in [0.25, 0.3) is 11.5 Å². The van der Waals surface area contributed by atoms with Crippen molar-refractivity contribution in [1.29, 1.82) is 0 Å². The summed E-state index contributed by atoms with van der Waals surface area (Å²) >= 11 is 1.59. The zero-order valence-corrected chi connectivity index (χ0v) is 18.1. The highest BCUT2D eigenvalue weighted by Gasteiger charge is 2.33. The molecule has 0 radical (unpaired) electrons. The van der Waals surface area contributed by atoms with Crippen molar-refractivity contribution < 1.29 is 9.26 Å². The number of methoxy groups -OCH3 is 1. The number of hydrogen-bond donors (Lipinski definition) is 0. The van der Waals surface area contributed by atoms with Crippen molar-refractivity contribution in [3.8, 4) is 17.2 Å². The molecule has 0 unspecified atom stereocenters. The highest BCUT2D eigenvalue weighted by molar-refractivity contribution is 7.99. The van der Waals surface area contributed by atoms with Gasteiger partial charge < -0.3 is 9.26 Å². The predicted octanol–water partition coefficient (Wildman–Crippen LogP) is 4.50. The summed E-state index contributed by atoms with van der Waals surface area (Å²) in [6.45, 7) is 2.08. The van der Waals surface area contributed by atoms with Crippen LogP contribution < -0.4 is 10.3 Å². The molecule has 0 amide bonds. The molecule has 4 aromatic rings. The van der Waals surface area contributed by atoms with Gasteiger partial charge in [0.2, 0.25) is 0 Å². The van der Waals surface area contributed by atoms with Gasteiger partial charge in [-0.05, 0) is 30.2 Å². The maximum atomic E-state index is 13.1. The summed E-state index contributed by atoms with van der Waals surface area (Å²) in [5.74, 6) is 2.33. The van der Waals surface area contributed by atoms with E-state index in [-0.39, 0.29) is 11.6 Å². The van der Waals surface area contributed by atoms with Crippen molar-refractivity contribution in [1.82, 2.24) is 14.7 Å². The molecule has 5 rings (SSSR count). The third-order valence-electron chi connectivity index (χ3n) is 5.54. The van der Waals surface area contributed by atoms with Crippen LogP contribution >= 0.6 is 11.8 Å². The first kappa shape index (κ1) is 19.6. The van der Waals surface area contributed by atoms with E-state index in [0.717, 1.165) is 21.9 Å². The molecule has 0 spiro atoms. The van der Waals surface area contributed by atoms with Crippen molar-refractivity contribution in [2.24, 2.45) is 0 Å². The molecule has 0 fully saturated rings. The average Bonchev–Trinajstić information content (AvgIpc) is 3.44. The lowest BCUT2D eigenvalue weighted by Crippen LogP contribution is -2.25. The lowest BCUT2D eigenvalue weighted by molar-refractivity contribution is 0.380. The van der Waals surface area contributed by atoms with Crippen molar-refractivity contribution in [2.75, 3.05) is 12.9 Å². The number of rotatable bonds is 5. The Morgan fingerprint density at radius 1 is 1.13 bits per heavy atom. The Hall–Kier alpha value is -3.32. The molecule has 0 bridgehead atoms. The van der Waals surface area contributed by atoms with Crippen LogP contribution in [0.2, 0.25) is 0 Å². The first-order valence-electron chi connectivity index (χ1n) is 10.0. The van der Waals surface area contributed by atoms with Crippen molar-refractivity contribution in [3.05, 3.63) is 93.5 Å². The number of benzene rings is 2. The van der Waals surface area contributed by atoms with E-state index in [1.807, 2.05) is 42.5 Å². The zero-order valence-electron chi connectivity index (χ0n) is 17.2. The second-order valence-electron chi connectivity index (χ2n) is 7.47. The number of ether oxygens (including phenoxy) is 1. The molecule has 1 atom stereocenters. The first-order valence-corrected chi connectivity index (χ1v) is 11.0. The molecule has 0 saturated carbocycles. The lowest BCUT2D eigenvalue weighted by Gasteiger charge is -2.16. The number of aryl methyl sites for hydroxylation is 1. The van der Waals surface area contributed by atoms with E-state index in [4.69, 9.17) is 9.26 Å². The fraction of sp³-hybridized carbons (Fsp3) is 0.208. The van der Waals surface area contributed by atoms with Gasteiger partial charge in [-0.3, -0.25) is 9.36 Å². The number of nitrogens with zero attached hydrogens (tertiary/aromatic N) is 3. The number of pyridine rings is 1. The van der Waals surface area contributed by atoms with Gasteiger partial charge in [-0.1, -0.05) is 47.6 Å². The summed E-state index contributed by atoms with van der Waals surface area (Å²) in [4.78, 5) is 17.7. The summed E-state index contributed by atoms with van der Waals surface area (Å²) in [6, 6.07) is 19.2. The molecule has 3 heterocycles. The van der Waals surface area contributed by atoms with Gasteiger partial charge in [0.15, 0.2) is 11.6 Å². The van der Waals surface area contributed by atoms with Crippen LogP contribution in [0, 0.1) is 6.92 Å². The van der Waals surface area contributed by atoms with Crippen molar-refractivity contribution >= 4 is 11.8 Å². The summed E-state index contributed by atoms with van der Waals surface area (Å²) in [5.41, 5.74) is 4.02. The molecule has 0 aliphatic carbocycles. The van der Waals surface area contributed by atoms with Gasteiger partial charge >= 0.3 is 0 Å². The molecule has 0 N–H and O–H groups in total. The van der Waals surface area contributed by atoms with Crippen LogP contribution in [0.4, 0.5) is 0 Å². The second-order valence-corrected chi connectivity index (χ2v) is 8.48. The molecule has 2 aromatic carbocycles. The highest BCUT2D eigenvalue weighted by Crippen LogP contribution is 2.42. The third kappa shape index (κ3) is 3.55. The Balaban J connectivity index is 1.53. The average molecular weight is 432 g/mol. The Bertz CT molecular complexity index is 1300. The molecule has 156 valence electrons. The summed E-state index contributed by atoms with van der Waals surface area (Å²) in [5, 5.41) is 4.99. The van der Waals surface area contributed by atoms with Crippen LogP contribution in [-0.2, 0) is 6.42 Å². The van der Waals surface area contributed by atoms with Gasteiger partial charge in [0.25, 0.3) is 11.4 Å². The van der Waals surface area contributed by atoms with Crippen molar-refractivity contribution in [3.63, 3.8) is 0 Å². The molecule has 7 heteroatoms. The number of fused-ring (bicyclic) bond motifs is 1. The molecule has 1 aliphatic rings.